The van der Waals surface area contributed by atoms with Crippen molar-refractivity contribution in [2.75, 3.05) is 31.3 Å². The van der Waals surface area contributed by atoms with E-state index in [9.17, 15) is 0 Å². The summed E-state index contributed by atoms with van der Waals surface area (Å²) < 4.78 is 5.52. The lowest BCUT2D eigenvalue weighted by molar-refractivity contribution is 0.110. The Balaban J connectivity index is 1.87. The molecule has 0 saturated carbocycles. The summed E-state index contributed by atoms with van der Waals surface area (Å²) in [7, 11) is 0. The smallest absolute Gasteiger partial charge is 0.0591 e. The number of hydrogen-bond acceptors (Lipinski definition) is 3. The Morgan fingerprint density at radius 2 is 2.36 bits per heavy atom. The molecule has 1 rings (SSSR count). The maximum absolute atomic E-state index is 5.52. The highest BCUT2D eigenvalue weighted by Crippen LogP contribution is 2.16. The van der Waals surface area contributed by atoms with Crippen LogP contribution in [0.5, 0.6) is 0 Å². The molecule has 14 heavy (non-hydrogen) atoms. The molecule has 0 aromatic carbocycles. The largest absolute Gasteiger partial charge is 0.380 e. The van der Waals surface area contributed by atoms with E-state index in [0.29, 0.717) is 5.92 Å². The van der Waals surface area contributed by atoms with Crippen molar-refractivity contribution in [3.63, 3.8) is 0 Å². The van der Waals surface area contributed by atoms with Gasteiger partial charge >= 0.3 is 0 Å². The minimum absolute atomic E-state index is 0.653. The van der Waals surface area contributed by atoms with Crippen molar-refractivity contribution in [3.05, 3.63) is 0 Å². The van der Waals surface area contributed by atoms with Crippen LogP contribution in [0, 0.1) is 5.92 Å². The molecule has 0 bridgehead atoms. The van der Waals surface area contributed by atoms with Crippen LogP contribution in [0.15, 0.2) is 0 Å². The van der Waals surface area contributed by atoms with E-state index in [2.05, 4.69) is 30.9 Å². The second-order valence-corrected chi connectivity index (χ2v) is 5.49. The first kappa shape index (κ1) is 12.3. The van der Waals surface area contributed by atoms with Crippen LogP contribution in [-0.2, 0) is 4.74 Å². The summed E-state index contributed by atoms with van der Waals surface area (Å²) in [5.74, 6) is 3.28. The van der Waals surface area contributed by atoms with Crippen LogP contribution in [0.4, 0.5) is 0 Å². The number of nitrogens with one attached hydrogen (secondary N) is 1. The van der Waals surface area contributed by atoms with Gasteiger partial charge in [-0.2, -0.15) is 11.8 Å². The quantitative estimate of drug-likeness (QED) is 0.689. The van der Waals surface area contributed by atoms with Crippen molar-refractivity contribution >= 4 is 11.8 Å². The standard InChI is InChI=1S/C11H23NOS/c1-10(2)8-13-6-5-12-11-4-3-7-14-9-11/h10-12H,3-9H2,1-2H3. The van der Waals surface area contributed by atoms with Crippen molar-refractivity contribution in [3.8, 4) is 0 Å². The van der Waals surface area contributed by atoms with Gasteiger partial charge in [0.1, 0.15) is 0 Å². The zero-order valence-electron chi connectivity index (χ0n) is 9.42. The van der Waals surface area contributed by atoms with E-state index in [1.54, 1.807) is 0 Å². The van der Waals surface area contributed by atoms with Gasteiger partial charge in [0.15, 0.2) is 0 Å². The number of hydrogen-bond donors (Lipinski definition) is 1. The van der Waals surface area contributed by atoms with Crippen LogP contribution in [-0.4, -0.2) is 37.3 Å². The molecule has 0 radical (unpaired) electrons. The van der Waals surface area contributed by atoms with Crippen LogP contribution in [0.3, 0.4) is 0 Å². The summed E-state index contributed by atoms with van der Waals surface area (Å²) >= 11 is 2.07. The van der Waals surface area contributed by atoms with E-state index >= 15 is 0 Å². The van der Waals surface area contributed by atoms with Gasteiger partial charge in [0, 0.05) is 24.9 Å². The van der Waals surface area contributed by atoms with Gasteiger partial charge in [-0.25, -0.2) is 0 Å². The summed E-state index contributed by atoms with van der Waals surface area (Å²) in [6.07, 6.45) is 2.71. The minimum Gasteiger partial charge on any atom is -0.380 e. The average molecular weight is 217 g/mol. The maximum Gasteiger partial charge on any atom is 0.0591 e. The molecule has 1 aliphatic heterocycles. The second kappa shape index (κ2) is 7.55. The molecule has 0 spiro atoms. The SMILES string of the molecule is CC(C)COCCNC1CCCSC1. The third kappa shape index (κ3) is 5.89. The topological polar surface area (TPSA) is 21.3 Å². The van der Waals surface area contributed by atoms with Gasteiger partial charge in [0.2, 0.25) is 0 Å². The molecule has 1 fully saturated rings. The first-order valence-corrected chi connectivity index (χ1v) is 6.83. The summed E-state index contributed by atoms with van der Waals surface area (Å²) in [4.78, 5) is 0. The van der Waals surface area contributed by atoms with Crippen molar-refractivity contribution in [1.82, 2.24) is 5.32 Å². The molecule has 1 N–H and O–H groups in total. The molecular weight excluding hydrogens is 194 g/mol. The van der Waals surface area contributed by atoms with E-state index in [-0.39, 0.29) is 0 Å². The van der Waals surface area contributed by atoms with E-state index < -0.39 is 0 Å². The van der Waals surface area contributed by atoms with Crippen LogP contribution in [0.25, 0.3) is 0 Å². The molecule has 1 heterocycles. The first-order chi connectivity index (χ1) is 6.79. The highest BCUT2D eigenvalue weighted by Gasteiger charge is 2.11. The fourth-order valence-corrected chi connectivity index (χ4v) is 2.66. The molecule has 1 aliphatic rings. The van der Waals surface area contributed by atoms with Crippen molar-refractivity contribution in [2.45, 2.75) is 32.7 Å². The Labute approximate surface area is 92.2 Å². The molecule has 2 nitrogen and oxygen atoms in total. The van der Waals surface area contributed by atoms with Crippen molar-refractivity contribution < 1.29 is 4.74 Å². The van der Waals surface area contributed by atoms with E-state index in [1.165, 1.54) is 24.3 Å². The lowest BCUT2D eigenvalue weighted by Gasteiger charge is -2.22. The molecule has 0 aromatic heterocycles. The van der Waals surface area contributed by atoms with Crippen molar-refractivity contribution in [2.24, 2.45) is 5.92 Å². The fourth-order valence-electron chi connectivity index (χ4n) is 1.56. The van der Waals surface area contributed by atoms with Crippen LogP contribution >= 0.6 is 11.8 Å². The van der Waals surface area contributed by atoms with Gasteiger partial charge < -0.3 is 10.1 Å². The average Bonchev–Trinajstić information content (AvgIpc) is 2.18. The molecule has 0 amide bonds. The molecule has 3 heteroatoms. The summed E-state index contributed by atoms with van der Waals surface area (Å²) in [5, 5.41) is 3.55. The Kier molecular flexibility index (Phi) is 6.65. The second-order valence-electron chi connectivity index (χ2n) is 4.34. The minimum atomic E-state index is 0.653. The third-order valence-electron chi connectivity index (χ3n) is 2.29. The summed E-state index contributed by atoms with van der Waals surface area (Å²) in [5.41, 5.74) is 0. The molecule has 1 unspecified atom stereocenters. The van der Waals surface area contributed by atoms with Crippen LogP contribution < -0.4 is 5.32 Å². The lowest BCUT2D eigenvalue weighted by Crippen LogP contribution is -2.36. The first-order valence-electron chi connectivity index (χ1n) is 5.68. The Morgan fingerprint density at radius 3 is 3.00 bits per heavy atom. The molecule has 84 valence electrons. The molecule has 0 aliphatic carbocycles. The normalized spacial score (nSPS) is 22.9. The zero-order chi connectivity index (χ0) is 10.2. The van der Waals surface area contributed by atoms with E-state index in [1.807, 2.05) is 0 Å². The van der Waals surface area contributed by atoms with Crippen molar-refractivity contribution in [1.29, 1.82) is 0 Å². The highest BCUT2D eigenvalue weighted by atomic mass is 32.2. The van der Waals surface area contributed by atoms with E-state index in [4.69, 9.17) is 4.74 Å². The number of thioether (sulfide) groups is 1. The van der Waals surface area contributed by atoms with E-state index in [0.717, 1.165) is 25.8 Å². The van der Waals surface area contributed by atoms with Gasteiger partial charge in [0.05, 0.1) is 6.61 Å². The number of rotatable bonds is 6. The van der Waals surface area contributed by atoms with Gasteiger partial charge in [-0.1, -0.05) is 13.8 Å². The fraction of sp³-hybridized carbons (Fsp3) is 1.00. The van der Waals surface area contributed by atoms with Gasteiger partial charge in [-0.05, 0) is 24.5 Å². The Bertz CT molecular complexity index is 135. The molecular formula is C11H23NOS. The number of ether oxygens (including phenoxy) is 1. The lowest BCUT2D eigenvalue weighted by atomic mass is 10.2. The molecule has 0 aromatic rings. The highest BCUT2D eigenvalue weighted by molar-refractivity contribution is 7.99. The monoisotopic (exact) mass is 217 g/mol. The Hall–Kier alpha value is 0.270. The van der Waals surface area contributed by atoms with Crippen LogP contribution in [0.2, 0.25) is 0 Å². The van der Waals surface area contributed by atoms with Gasteiger partial charge in [0.25, 0.3) is 0 Å². The van der Waals surface area contributed by atoms with Crippen LogP contribution in [0.1, 0.15) is 26.7 Å². The maximum atomic E-state index is 5.52. The zero-order valence-corrected chi connectivity index (χ0v) is 10.2. The van der Waals surface area contributed by atoms with Gasteiger partial charge in [-0.15, -0.1) is 0 Å². The predicted molar refractivity (Wildman–Crippen MR) is 64.0 cm³/mol. The Morgan fingerprint density at radius 1 is 1.50 bits per heavy atom. The summed E-state index contributed by atoms with van der Waals surface area (Å²) in [6.45, 7) is 7.13. The molecule has 1 saturated heterocycles. The van der Waals surface area contributed by atoms with Gasteiger partial charge in [-0.3, -0.25) is 0 Å². The third-order valence-corrected chi connectivity index (χ3v) is 3.51. The predicted octanol–water partition coefficient (Wildman–Crippen LogP) is 2.14. The summed E-state index contributed by atoms with van der Waals surface area (Å²) in [6, 6.07) is 0.733. The molecule has 1 atom stereocenters.